The van der Waals surface area contributed by atoms with Gasteiger partial charge >= 0.3 is 18.0 Å². The number of thiophene rings is 1. The van der Waals surface area contributed by atoms with Crippen LogP contribution in [-0.2, 0) is 28.7 Å². The summed E-state index contributed by atoms with van der Waals surface area (Å²) in [7, 11) is 0. The highest BCUT2D eigenvalue weighted by molar-refractivity contribution is 7.15. The second-order valence-corrected chi connectivity index (χ2v) is 9.26. The molecule has 2 aromatic heterocycles. The van der Waals surface area contributed by atoms with Gasteiger partial charge in [-0.3, -0.25) is 0 Å². The van der Waals surface area contributed by atoms with E-state index in [0.29, 0.717) is 24.5 Å². The molecule has 1 atom stereocenters. The molecule has 0 aliphatic heterocycles. The molecule has 0 fully saturated rings. The third-order valence-electron chi connectivity index (χ3n) is 5.46. The fraction of sp³-hybridized carbons (Fsp3) is 0.269. The number of nitrogens with zero attached hydrogens (tertiary/aromatic N) is 2. The summed E-state index contributed by atoms with van der Waals surface area (Å²) >= 11 is 1.55. The SMILES string of the molecule is CCO[C@@H](Cc1ccc(OCc2sc(-c3ccc(-c4nnc(C(F)(F)F)o4)cc3)cc2C)cc1)C(=O)O. The molecule has 2 heterocycles. The summed E-state index contributed by atoms with van der Waals surface area (Å²) in [6.07, 6.45) is -5.30. The van der Waals surface area contributed by atoms with Gasteiger partial charge in [0.25, 0.3) is 0 Å². The first-order chi connectivity index (χ1) is 17.6. The fourth-order valence-electron chi connectivity index (χ4n) is 3.54. The first kappa shape index (κ1) is 26.4. The highest BCUT2D eigenvalue weighted by atomic mass is 32.1. The molecule has 0 aliphatic carbocycles. The summed E-state index contributed by atoms with van der Waals surface area (Å²) < 4.78 is 54.0. The normalized spacial score (nSPS) is 12.5. The van der Waals surface area contributed by atoms with E-state index in [2.05, 4.69) is 10.2 Å². The average molecular weight is 533 g/mol. The second kappa shape index (κ2) is 11.1. The van der Waals surface area contributed by atoms with Gasteiger partial charge in [0.1, 0.15) is 12.4 Å². The van der Waals surface area contributed by atoms with Crippen molar-refractivity contribution in [2.45, 2.75) is 39.2 Å². The number of ether oxygens (including phenoxy) is 2. The van der Waals surface area contributed by atoms with Crippen LogP contribution >= 0.6 is 11.3 Å². The maximum absolute atomic E-state index is 12.7. The highest BCUT2D eigenvalue weighted by Gasteiger charge is 2.38. The Morgan fingerprint density at radius 2 is 1.76 bits per heavy atom. The highest BCUT2D eigenvalue weighted by Crippen LogP contribution is 2.34. The van der Waals surface area contributed by atoms with E-state index in [4.69, 9.17) is 13.9 Å². The minimum Gasteiger partial charge on any atom is -0.488 e. The molecule has 4 rings (SSSR count). The minimum absolute atomic E-state index is 0.197. The van der Waals surface area contributed by atoms with Gasteiger partial charge in [0.2, 0.25) is 5.89 Å². The summed E-state index contributed by atoms with van der Waals surface area (Å²) in [5.74, 6) is -1.91. The van der Waals surface area contributed by atoms with Crippen LogP contribution in [0, 0.1) is 6.92 Å². The molecule has 4 aromatic rings. The molecule has 7 nitrogen and oxygen atoms in total. The first-order valence-electron chi connectivity index (χ1n) is 11.3. The van der Waals surface area contributed by atoms with Gasteiger partial charge in [0.15, 0.2) is 6.10 Å². The van der Waals surface area contributed by atoms with Gasteiger partial charge in [0.05, 0.1) is 0 Å². The van der Waals surface area contributed by atoms with Gasteiger partial charge in [-0.2, -0.15) is 13.2 Å². The quantitative estimate of drug-likeness (QED) is 0.252. The number of carbonyl (C=O) groups is 1. The van der Waals surface area contributed by atoms with Crippen molar-refractivity contribution in [3.63, 3.8) is 0 Å². The number of alkyl halides is 3. The van der Waals surface area contributed by atoms with Crippen molar-refractivity contribution in [2.24, 2.45) is 0 Å². The maximum Gasteiger partial charge on any atom is 0.470 e. The van der Waals surface area contributed by atoms with E-state index in [-0.39, 0.29) is 12.3 Å². The molecule has 2 aromatic carbocycles. The van der Waals surface area contributed by atoms with E-state index in [1.807, 2.05) is 25.1 Å². The van der Waals surface area contributed by atoms with Gasteiger partial charge < -0.3 is 19.0 Å². The lowest BCUT2D eigenvalue weighted by Gasteiger charge is -2.13. The summed E-state index contributed by atoms with van der Waals surface area (Å²) in [6, 6.07) is 16.1. The van der Waals surface area contributed by atoms with Crippen LogP contribution in [0.1, 0.15) is 28.8 Å². The summed E-state index contributed by atoms with van der Waals surface area (Å²) in [5.41, 5.74) is 3.17. The predicted octanol–water partition coefficient (Wildman–Crippen LogP) is 6.40. The van der Waals surface area contributed by atoms with Crippen molar-refractivity contribution in [2.75, 3.05) is 6.61 Å². The first-order valence-corrected chi connectivity index (χ1v) is 12.1. The molecule has 0 bridgehead atoms. The molecular formula is C26H23F3N2O5S. The Morgan fingerprint density at radius 1 is 1.08 bits per heavy atom. The zero-order valence-corrected chi connectivity index (χ0v) is 20.7. The van der Waals surface area contributed by atoms with Crippen LogP contribution in [0.15, 0.2) is 59.0 Å². The molecule has 0 saturated heterocycles. The average Bonchev–Trinajstić information content (AvgIpc) is 3.51. The number of carboxylic acids is 1. The molecule has 0 unspecified atom stereocenters. The number of benzene rings is 2. The van der Waals surface area contributed by atoms with Crippen LogP contribution in [0.2, 0.25) is 0 Å². The molecule has 0 spiro atoms. The molecule has 37 heavy (non-hydrogen) atoms. The lowest BCUT2D eigenvalue weighted by Crippen LogP contribution is -2.26. The lowest BCUT2D eigenvalue weighted by atomic mass is 10.1. The number of hydrogen-bond acceptors (Lipinski definition) is 7. The van der Waals surface area contributed by atoms with Gasteiger partial charge in [-0.1, -0.05) is 24.3 Å². The van der Waals surface area contributed by atoms with E-state index in [9.17, 15) is 23.1 Å². The number of halogens is 3. The zero-order valence-electron chi connectivity index (χ0n) is 19.9. The topological polar surface area (TPSA) is 94.7 Å². The van der Waals surface area contributed by atoms with Crippen LogP contribution in [-0.4, -0.2) is 34.0 Å². The Hall–Kier alpha value is -3.70. The van der Waals surface area contributed by atoms with Crippen LogP contribution < -0.4 is 4.74 Å². The number of rotatable bonds is 10. The van der Waals surface area contributed by atoms with Crippen molar-refractivity contribution in [3.8, 4) is 27.6 Å². The predicted molar refractivity (Wildman–Crippen MR) is 130 cm³/mol. The van der Waals surface area contributed by atoms with Gasteiger partial charge in [-0.15, -0.1) is 21.5 Å². The van der Waals surface area contributed by atoms with E-state index >= 15 is 0 Å². The standard InChI is InChI=1S/C26H23F3N2O5S/c1-3-34-20(24(32)33)13-16-4-10-19(11-5-16)35-14-22-15(2)12-21(37-22)17-6-8-18(9-7-17)23-30-31-25(36-23)26(27,28)29/h4-12,20H,3,13-14H2,1-2H3,(H,32,33)/t20-/m0/s1. The Balaban J connectivity index is 1.39. The molecule has 1 N–H and O–H groups in total. The molecule has 0 radical (unpaired) electrons. The van der Waals surface area contributed by atoms with Crippen LogP contribution in [0.4, 0.5) is 13.2 Å². The van der Waals surface area contributed by atoms with Crippen LogP contribution in [0.25, 0.3) is 21.9 Å². The Bertz CT molecular complexity index is 1350. The van der Waals surface area contributed by atoms with Gasteiger partial charge in [-0.25, -0.2) is 4.79 Å². The summed E-state index contributed by atoms with van der Waals surface area (Å²) in [6.45, 7) is 4.41. The number of carboxylic acid groups (broad SMARTS) is 1. The Morgan fingerprint density at radius 3 is 2.35 bits per heavy atom. The molecule has 0 amide bonds. The molecule has 0 aliphatic rings. The molecule has 11 heteroatoms. The second-order valence-electron chi connectivity index (χ2n) is 8.12. The third kappa shape index (κ3) is 6.55. The summed E-state index contributed by atoms with van der Waals surface area (Å²) in [5, 5.41) is 15.8. The van der Waals surface area contributed by atoms with Crippen molar-refractivity contribution < 1.29 is 37.0 Å². The van der Waals surface area contributed by atoms with E-state index in [1.54, 1.807) is 54.7 Å². The van der Waals surface area contributed by atoms with Crippen molar-refractivity contribution in [1.82, 2.24) is 10.2 Å². The summed E-state index contributed by atoms with van der Waals surface area (Å²) in [4.78, 5) is 13.3. The van der Waals surface area contributed by atoms with E-state index in [0.717, 1.165) is 26.4 Å². The zero-order chi connectivity index (χ0) is 26.6. The van der Waals surface area contributed by atoms with Crippen LogP contribution in [0.5, 0.6) is 5.75 Å². The number of aryl methyl sites for hydroxylation is 1. The van der Waals surface area contributed by atoms with Gasteiger partial charge in [-0.05, 0) is 60.9 Å². The Kier molecular flexibility index (Phi) is 7.94. The maximum atomic E-state index is 12.7. The minimum atomic E-state index is -4.69. The molecular weight excluding hydrogens is 509 g/mol. The number of aromatic nitrogens is 2. The van der Waals surface area contributed by atoms with Gasteiger partial charge in [0, 0.05) is 28.3 Å². The molecule has 194 valence electrons. The Labute approximate surface area is 214 Å². The fourth-order valence-corrected chi connectivity index (χ4v) is 4.63. The smallest absolute Gasteiger partial charge is 0.470 e. The monoisotopic (exact) mass is 532 g/mol. The van der Waals surface area contributed by atoms with E-state index < -0.39 is 24.1 Å². The third-order valence-corrected chi connectivity index (χ3v) is 6.72. The van der Waals surface area contributed by atoms with E-state index in [1.165, 1.54) is 0 Å². The van der Waals surface area contributed by atoms with Crippen molar-refractivity contribution >= 4 is 17.3 Å². The van der Waals surface area contributed by atoms with Crippen molar-refractivity contribution in [3.05, 3.63) is 76.5 Å². The van der Waals surface area contributed by atoms with Crippen LogP contribution in [0.3, 0.4) is 0 Å². The largest absolute Gasteiger partial charge is 0.488 e. The molecule has 0 saturated carbocycles. The van der Waals surface area contributed by atoms with Crippen molar-refractivity contribution in [1.29, 1.82) is 0 Å². The lowest BCUT2D eigenvalue weighted by molar-refractivity contribution is -0.157. The number of aliphatic carboxylic acids is 1. The number of hydrogen-bond donors (Lipinski definition) is 1.